The van der Waals surface area contributed by atoms with Crippen LogP contribution in [0.5, 0.6) is 0 Å². The van der Waals surface area contributed by atoms with Crippen molar-refractivity contribution in [2.45, 2.75) is 25.4 Å². The van der Waals surface area contributed by atoms with Crippen LogP contribution in [0, 0.1) is 5.82 Å². The Morgan fingerprint density at radius 2 is 2.00 bits per heavy atom. The molecule has 1 rings (SSSR count). The zero-order valence-electron chi connectivity index (χ0n) is 8.90. The topological polar surface area (TPSA) is 32.6 Å². The number of unbranched alkanes of at least 4 members (excludes halogenated alkanes) is 1. The maximum Gasteiger partial charge on any atom is 0.123 e. The average Bonchev–Trinajstić information content (AvgIpc) is 2.29. The molecule has 0 aliphatic heterocycles. The van der Waals surface area contributed by atoms with Gasteiger partial charge in [0.2, 0.25) is 0 Å². The maximum atomic E-state index is 12.6. The van der Waals surface area contributed by atoms with Crippen LogP contribution in [0.25, 0.3) is 0 Å². The zero-order valence-corrected chi connectivity index (χ0v) is 9.71. The number of nitrogens with zero attached hydrogens (tertiary/aromatic N) is 1. The Morgan fingerprint density at radius 3 is 2.62 bits per heavy atom. The van der Waals surface area contributed by atoms with Gasteiger partial charge in [0.25, 0.3) is 0 Å². The molecule has 1 aromatic rings. The molecule has 0 fully saturated rings. The summed E-state index contributed by atoms with van der Waals surface area (Å²) >= 11 is 4.44. The van der Waals surface area contributed by atoms with Gasteiger partial charge in [0.05, 0.1) is 11.3 Å². The van der Waals surface area contributed by atoms with Crippen LogP contribution in [0.4, 0.5) is 4.39 Å². The summed E-state index contributed by atoms with van der Waals surface area (Å²) in [4.78, 5) is 3.79. The summed E-state index contributed by atoms with van der Waals surface area (Å²) in [5.74, 6) is -0.286. The second-order valence-electron chi connectivity index (χ2n) is 3.54. The highest BCUT2D eigenvalue weighted by Gasteiger charge is 2.06. The molecular weight excluding hydrogens is 225 g/mol. The minimum Gasteiger partial charge on any atom is -0.388 e. The third kappa shape index (κ3) is 4.62. The Balaban J connectivity index is 2.32. The maximum absolute atomic E-state index is 12.6. The molecule has 4 heteroatoms. The Kier molecular flexibility index (Phi) is 5.86. The van der Waals surface area contributed by atoms with E-state index in [1.807, 2.05) is 0 Å². The molecule has 0 bridgehead atoms. The summed E-state index contributed by atoms with van der Waals surface area (Å²) in [6, 6.07) is 5.92. The van der Waals surface area contributed by atoms with E-state index in [2.05, 4.69) is 22.4 Å². The predicted molar refractivity (Wildman–Crippen MR) is 65.1 cm³/mol. The fraction of sp³-hybridized carbons (Fsp3) is 0.417. The molecule has 86 valence electrons. The van der Waals surface area contributed by atoms with Gasteiger partial charge < -0.3 is 5.11 Å². The number of thiocarbonyl (C=S) groups is 1. The average molecular weight is 239 g/mol. The summed E-state index contributed by atoms with van der Waals surface area (Å²) in [6.45, 7) is 0.652. The Hall–Kier alpha value is -1.09. The molecule has 0 aromatic heterocycles. The molecule has 0 saturated heterocycles. The summed E-state index contributed by atoms with van der Waals surface area (Å²) in [5.41, 5.74) is 0.750. The molecule has 0 heterocycles. The number of isothiocyanates is 1. The second kappa shape index (κ2) is 7.23. The minimum absolute atomic E-state index is 0.286. The van der Waals surface area contributed by atoms with E-state index in [-0.39, 0.29) is 5.82 Å². The monoisotopic (exact) mass is 239 g/mol. The fourth-order valence-corrected chi connectivity index (χ4v) is 1.52. The van der Waals surface area contributed by atoms with Crippen molar-refractivity contribution >= 4 is 17.4 Å². The van der Waals surface area contributed by atoms with Gasteiger partial charge in [-0.3, -0.25) is 0 Å². The number of hydrogen-bond donors (Lipinski definition) is 1. The van der Waals surface area contributed by atoms with Crippen molar-refractivity contribution in [3.8, 4) is 0 Å². The van der Waals surface area contributed by atoms with Gasteiger partial charge >= 0.3 is 0 Å². The molecule has 1 aromatic carbocycles. The van der Waals surface area contributed by atoms with Crippen molar-refractivity contribution in [2.24, 2.45) is 4.99 Å². The predicted octanol–water partition coefficient (Wildman–Crippen LogP) is 3.13. The number of aliphatic imine (C=N–C) groups is 1. The molecule has 1 atom stereocenters. The lowest BCUT2D eigenvalue weighted by Crippen LogP contribution is -1.97. The van der Waals surface area contributed by atoms with Gasteiger partial charge in [-0.2, -0.15) is 0 Å². The fourth-order valence-electron chi connectivity index (χ4n) is 1.43. The smallest absolute Gasteiger partial charge is 0.123 e. The molecule has 1 N–H and O–H groups in total. The summed E-state index contributed by atoms with van der Waals surface area (Å²) < 4.78 is 12.6. The SMILES string of the molecule is OC(CCCCN=C=S)c1ccc(F)cc1. The molecule has 0 aliphatic rings. The van der Waals surface area contributed by atoms with Crippen LogP contribution in [0.3, 0.4) is 0 Å². The van der Waals surface area contributed by atoms with Crippen molar-refractivity contribution in [3.63, 3.8) is 0 Å². The van der Waals surface area contributed by atoms with E-state index in [4.69, 9.17) is 0 Å². The van der Waals surface area contributed by atoms with E-state index in [0.29, 0.717) is 13.0 Å². The lowest BCUT2D eigenvalue weighted by Gasteiger charge is -2.09. The molecule has 16 heavy (non-hydrogen) atoms. The second-order valence-corrected chi connectivity index (χ2v) is 3.72. The van der Waals surface area contributed by atoms with Crippen LogP contribution < -0.4 is 0 Å². The summed E-state index contributed by atoms with van der Waals surface area (Å²) in [5, 5.41) is 12.1. The molecular formula is C12H14FNOS. The van der Waals surface area contributed by atoms with E-state index in [0.717, 1.165) is 18.4 Å². The quantitative estimate of drug-likeness (QED) is 0.470. The molecule has 0 saturated carbocycles. The van der Waals surface area contributed by atoms with Crippen LogP contribution >= 0.6 is 12.2 Å². The first-order chi connectivity index (χ1) is 7.74. The first kappa shape index (κ1) is 13.0. The van der Waals surface area contributed by atoms with Crippen molar-refractivity contribution in [1.29, 1.82) is 0 Å². The lowest BCUT2D eigenvalue weighted by atomic mass is 10.0. The molecule has 2 nitrogen and oxygen atoms in total. The van der Waals surface area contributed by atoms with Gasteiger partial charge in [0.15, 0.2) is 0 Å². The highest BCUT2D eigenvalue weighted by molar-refractivity contribution is 7.78. The number of rotatable bonds is 6. The van der Waals surface area contributed by atoms with Gasteiger partial charge in [0.1, 0.15) is 5.82 Å². The van der Waals surface area contributed by atoms with Gasteiger partial charge in [-0.25, -0.2) is 9.38 Å². The molecule has 1 unspecified atom stereocenters. The first-order valence-corrected chi connectivity index (χ1v) is 5.62. The third-order valence-corrected chi connectivity index (χ3v) is 2.45. The van der Waals surface area contributed by atoms with Crippen LogP contribution in [0.15, 0.2) is 29.3 Å². The van der Waals surface area contributed by atoms with Crippen LogP contribution in [-0.2, 0) is 0 Å². The van der Waals surface area contributed by atoms with Crippen molar-refractivity contribution in [2.75, 3.05) is 6.54 Å². The summed E-state index contributed by atoms with van der Waals surface area (Å²) in [6.07, 6.45) is 1.86. The van der Waals surface area contributed by atoms with E-state index in [9.17, 15) is 9.50 Å². The van der Waals surface area contributed by atoms with Crippen molar-refractivity contribution in [1.82, 2.24) is 0 Å². The molecule has 0 spiro atoms. The molecule has 0 radical (unpaired) electrons. The number of hydrogen-bond acceptors (Lipinski definition) is 3. The Labute approximate surface area is 99.8 Å². The number of aliphatic hydroxyl groups excluding tert-OH is 1. The lowest BCUT2D eigenvalue weighted by molar-refractivity contribution is 0.164. The highest BCUT2D eigenvalue weighted by Crippen LogP contribution is 2.19. The molecule has 0 amide bonds. The Morgan fingerprint density at radius 1 is 1.31 bits per heavy atom. The van der Waals surface area contributed by atoms with Crippen molar-refractivity contribution in [3.05, 3.63) is 35.6 Å². The van der Waals surface area contributed by atoms with E-state index >= 15 is 0 Å². The van der Waals surface area contributed by atoms with Gasteiger partial charge in [-0.05, 0) is 49.2 Å². The Bertz CT molecular complexity index is 360. The number of halogens is 1. The van der Waals surface area contributed by atoms with Crippen LogP contribution in [0.2, 0.25) is 0 Å². The normalized spacial score (nSPS) is 11.9. The van der Waals surface area contributed by atoms with E-state index in [1.165, 1.54) is 12.1 Å². The zero-order chi connectivity index (χ0) is 11.8. The standard InChI is InChI=1S/C12H14FNOS/c13-11-6-4-10(5-7-11)12(15)3-1-2-8-14-9-16/h4-7,12,15H,1-3,8H2. The molecule has 0 aliphatic carbocycles. The highest BCUT2D eigenvalue weighted by atomic mass is 32.1. The first-order valence-electron chi connectivity index (χ1n) is 5.21. The van der Waals surface area contributed by atoms with Gasteiger partial charge in [-0.15, -0.1) is 0 Å². The van der Waals surface area contributed by atoms with Gasteiger partial charge in [-0.1, -0.05) is 12.1 Å². The van der Waals surface area contributed by atoms with E-state index in [1.54, 1.807) is 12.1 Å². The van der Waals surface area contributed by atoms with Gasteiger partial charge in [0, 0.05) is 6.54 Å². The van der Waals surface area contributed by atoms with Crippen LogP contribution in [-0.4, -0.2) is 16.8 Å². The third-order valence-electron chi connectivity index (χ3n) is 2.32. The number of aliphatic hydroxyl groups is 1. The summed E-state index contributed by atoms with van der Waals surface area (Å²) in [7, 11) is 0. The van der Waals surface area contributed by atoms with Crippen molar-refractivity contribution < 1.29 is 9.50 Å². The minimum atomic E-state index is -0.530. The largest absolute Gasteiger partial charge is 0.388 e. The number of benzene rings is 1. The van der Waals surface area contributed by atoms with Crippen LogP contribution in [0.1, 0.15) is 30.9 Å². The van der Waals surface area contributed by atoms with E-state index < -0.39 is 6.10 Å².